The van der Waals surface area contributed by atoms with E-state index in [-0.39, 0.29) is 18.3 Å². The Bertz CT molecular complexity index is 276. The van der Waals surface area contributed by atoms with Gasteiger partial charge in [-0.2, -0.15) is 0 Å². The summed E-state index contributed by atoms with van der Waals surface area (Å²) in [7, 11) is 3.19. The van der Waals surface area contributed by atoms with Gasteiger partial charge >= 0.3 is 0 Å². The summed E-state index contributed by atoms with van der Waals surface area (Å²) in [5.74, 6) is -0.588. The van der Waals surface area contributed by atoms with E-state index in [2.05, 4.69) is 0 Å². The number of hydrogen-bond acceptors (Lipinski definition) is 5. The molecule has 2 aliphatic rings. The molecule has 2 aliphatic heterocycles. The van der Waals surface area contributed by atoms with Crippen LogP contribution in [-0.4, -0.2) is 44.6 Å². The molecule has 5 nitrogen and oxygen atoms in total. The van der Waals surface area contributed by atoms with Gasteiger partial charge in [0.05, 0.1) is 13.4 Å². The maximum absolute atomic E-state index is 5.78. The van der Waals surface area contributed by atoms with Crippen LogP contribution in [0.4, 0.5) is 0 Å². The summed E-state index contributed by atoms with van der Waals surface area (Å²) in [5, 5.41) is 0. The molecule has 0 bridgehead atoms. The van der Waals surface area contributed by atoms with Crippen LogP contribution in [0, 0.1) is 0 Å². The lowest BCUT2D eigenvalue weighted by Crippen LogP contribution is -2.30. The van der Waals surface area contributed by atoms with E-state index >= 15 is 0 Å². The molecule has 0 aliphatic carbocycles. The van der Waals surface area contributed by atoms with E-state index in [9.17, 15) is 0 Å². The topological polar surface area (TPSA) is 46.2 Å². The van der Waals surface area contributed by atoms with Crippen LogP contribution in [-0.2, 0) is 23.7 Å². The average Bonchev–Trinajstić information content (AvgIpc) is 2.69. The zero-order valence-electron chi connectivity index (χ0n) is 10.0. The summed E-state index contributed by atoms with van der Waals surface area (Å²) in [6.45, 7) is 3.77. The fraction of sp³-hybridized carbons (Fsp3) is 0.818. The van der Waals surface area contributed by atoms with E-state index in [1.54, 1.807) is 26.6 Å². The number of hydrogen-bond donors (Lipinski definition) is 0. The normalized spacial score (nSPS) is 41.5. The molecule has 0 unspecified atom stereocenters. The predicted molar refractivity (Wildman–Crippen MR) is 55.6 cm³/mol. The van der Waals surface area contributed by atoms with Gasteiger partial charge in [0.2, 0.25) is 0 Å². The smallest absolute Gasteiger partial charge is 0.187 e. The SMILES string of the molecule is CO/C=C/[C@H]1O[C@@H](OC)[C@@H]2OC(C)(C)O[C@@H]21. The van der Waals surface area contributed by atoms with E-state index in [0.717, 1.165) is 0 Å². The van der Waals surface area contributed by atoms with Crippen LogP contribution in [0.2, 0.25) is 0 Å². The highest BCUT2D eigenvalue weighted by Crippen LogP contribution is 2.39. The van der Waals surface area contributed by atoms with E-state index in [4.69, 9.17) is 23.7 Å². The molecular weight excluding hydrogens is 212 g/mol. The molecule has 2 rings (SSSR count). The summed E-state index contributed by atoms with van der Waals surface area (Å²) >= 11 is 0. The highest BCUT2D eigenvalue weighted by molar-refractivity contribution is 5.03. The summed E-state index contributed by atoms with van der Waals surface area (Å²) < 4.78 is 27.3. The molecule has 0 spiro atoms. The van der Waals surface area contributed by atoms with Gasteiger partial charge in [-0.3, -0.25) is 0 Å². The van der Waals surface area contributed by atoms with Crippen LogP contribution >= 0.6 is 0 Å². The third-order valence-corrected chi connectivity index (χ3v) is 2.68. The van der Waals surface area contributed by atoms with Gasteiger partial charge in [-0.15, -0.1) is 0 Å². The van der Waals surface area contributed by atoms with Gasteiger partial charge in [-0.1, -0.05) is 0 Å². The van der Waals surface area contributed by atoms with Crippen LogP contribution in [0.1, 0.15) is 13.8 Å². The van der Waals surface area contributed by atoms with Crippen LogP contribution in [0.3, 0.4) is 0 Å². The number of methoxy groups -OCH3 is 2. The molecule has 4 atom stereocenters. The van der Waals surface area contributed by atoms with Gasteiger partial charge in [-0.05, 0) is 19.9 Å². The Morgan fingerprint density at radius 3 is 2.44 bits per heavy atom. The molecule has 5 heteroatoms. The molecule has 0 radical (unpaired) electrons. The van der Waals surface area contributed by atoms with Crippen LogP contribution in [0.15, 0.2) is 12.3 Å². The Morgan fingerprint density at radius 1 is 1.12 bits per heavy atom. The van der Waals surface area contributed by atoms with Crippen LogP contribution < -0.4 is 0 Å². The quantitative estimate of drug-likeness (QED) is 0.678. The maximum Gasteiger partial charge on any atom is 0.187 e. The van der Waals surface area contributed by atoms with E-state index in [0.29, 0.717) is 0 Å². The lowest BCUT2D eigenvalue weighted by atomic mass is 10.1. The molecule has 92 valence electrons. The largest absolute Gasteiger partial charge is 0.505 e. The first-order chi connectivity index (χ1) is 7.57. The first kappa shape index (κ1) is 11.9. The molecule has 16 heavy (non-hydrogen) atoms. The molecule has 2 heterocycles. The minimum absolute atomic E-state index is 0.147. The molecule has 2 fully saturated rings. The summed E-state index contributed by atoms with van der Waals surface area (Å²) in [6.07, 6.45) is 2.46. The van der Waals surface area contributed by atoms with Crippen molar-refractivity contribution >= 4 is 0 Å². The molecule has 0 N–H and O–H groups in total. The molecule has 0 aromatic carbocycles. The van der Waals surface area contributed by atoms with Crippen molar-refractivity contribution in [2.75, 3.05) is 14.2 Å². The molecule has 0 aromatic rings. The summed E-state index contributed by atoms with van der Waals surface area (Å²) in [5.41, 5.74) is 0. The van der Waals surface area contributed by atoms with Crippen molar-refractivity contribution in [1.29, 1.82) is 0 Å². The Balaban J connectivity index is 2.11. The van der Waals surface area contributed by atoms with Crippen molar-refractivity contribution in [1.82, 2.24) is 0 Å². The van der Waals surface area contributed by atoms with Crippen molar-refractivity contribution in [2.45, 2.75) is 44.2 Å². The van der Waals surface area contributed by atoms with E-state index < -0.39 is 12.1 Å². The van der Waals surface area contributed by atoms with Gasteiger partial charge in [0.1, 0.15) is 18.3 Å². The first-order valence-corrected chi connectivity index (χ1v) is 5.31. The van der Waals surface area contributed by atoms with Gasteiger partial charge < -0.3 is 23.7 Å². The van der Waals surface area contributed by atoms with Gasteiger partial charge in [0.15, 0.2) is 12.1 Å². The maximum atomic E-state index is 5.78. The standard InChI is InChI=1S/C11H18O5/c1-11(2)15-8-7(5-6-12-3)14-10(13-4)9(8)16-11/h5-10H,1-4H3/b6-5+/t7-,8-,9-,10-/m1/s1. The molecule has 0 saturated carbocycles. The zero-order valence-corrected chi connectivity index (χ0v) is 10.0. The minimum Gasteiger partial charge on any atom is -0.505 e. The summed E-state index contributed by atoms with van der Waals surface area (Å²) in [6, 6.07) is 0. The van der Waals surface area contributed by atoms with E-state index in [1.165, 1.54) is 0 Å². The molecule has 0 aromatic heterocycles. The Labute approximate surface area is 95.3 Å². The third kappa shape index (κ3) is 2.08. The lowest BCUT2D eigenvalue weighted by Gasteiger charge is -2.22. The monoisotopic (exact) mass is 230 g/mol. The Hall–Kier alpha value is -0.620. The van der Waals surface area contributed by atoms with Gasteiger partial charge in [-0.25, -0.2) is 0 Å². The van der Waals surface area contributed by atoms with Crippen molar-refractivity contribution < 1.29 is 23.7 Å². The number of fused-ring (bicyclic) bond motifs is 1. The number of ether oxygens (including phenoxy) is 5. The molecule has 0 amide bonds. The first-order valence-electron chi connectivity index (χ1n) is 5.31. The Kier molecular flexibility index (Phi) is 3.21. The van der Waals surface area contributed by atoms with Crippen LogP contribution in [0.5, 0.6) is 0 Å². The van der Waals surface area contributed by atoms with Crippen molar-refractivity contribution in [2.24, 2.45) is 0 Å². The predicted octanol–water partition coefficient (Wildman–Crippen LogP) is 1.04. The van der Waals surface area contributed by atoms with Gasteiger partial charge in [0, 0.05) is 7.11 Å². The highest BCUT2D eigenvalue weighted by Gasteiger charge is 2.54. The number of rotatable bonds is 3. The van der Waals surface area contributed by atoms with Crippen molar-refractivity contribution in [3.8, 4) is 0 Å². The van der Waals surface area contributed by atoms with E-state index in [1.807, 2.05) is 13.8 Å². The second-order valence-electron chi connectivity index (χ2n) is 4.33. The lowest BCUT2D eigenvalue weighted by molar-refractivity contribution is -0.221. The minimum atomic E-state index is -0.588. The second-order valence-corrected chi connectivity index (χ2v) is 4.33. The Morgan fingerprint density at radius 2 is 1.81 bits per heavy atom. The fourth-order valence-corrected chi connectivity index (χ4v) is 2.09. The molecular formula is C11H18O5. The van der Waals surface area contributed by atoms with Crippen LogP contribution in [0.25, 0.3) is 0 Å². The highest BCUT2D eigenvalue weighted by atomic mass is 16.8. The average molecular weight is 230 g/mol. The van der Waals surface area contributed by atoms with Crippen molar-refractivity contribution in [3.05, 3.63) is 12.3 Å². The molecule has 2 saturated heterocycles. The third-order valence-electron chi connectivity index (χ3n) is 2.68. The van der Waals surface area contributed by atoms with Crippen molar-refractivity contribution in [3.63, 3.8) is 0 Å². The fourth-order valence-electron chi connectivity index (χ4n) is 2.09. The second kappa shape index (κ2) is 4.33. The van der Waals surface area contributed by atoms with Gasteiger partial charge in [0.25, 0.3) is 0 Å². The zero-order chi connectivity index (χ0) is 11.8. The summed E-state index contributed by atoms with van der Waals surface area (Å²) in [4.78, 5) is 0.